The highest BCUT2D eigenvalue weighted by atomic mass is 16.3. The largest absolute Gasteiger partial charge is 0.398 e. The molecule has 3 aromatic rings. The average molecular weight is 361 g/mol. The third-order valence-corrected chi connectivity index (χ3v) is 6.51. The number of aliphatic hydroxyl groups is 1. The Bertz CT molecular complexity index is 1020. The molecule has 2 aromatic carbocycles. The van der Waals surface area contributed by atoms with Crippen molar-refractivity contribution in [2.75, 3.05) is 5.73 Å². The molecule has 0 saturated carbocycles. The second-order valence-electron chi connectivity index (χ2n) is 8.29. The van der Waals surface area contributed by atoms with E-state index in [9.17, 15) is 5.11 Å². The number of fused-ring (bicyclic) bond motifs is 3. The third-order valence-electron chi connectivity index (χ3n) is 6.51. The fourth-order valence-electron chi connectivity index (χ4n) is 4.91. The number of nitrogens with zero attached hydrogens (tertiary/aromatic N) is 2. The number of aryl methyl sites for hydroxylation is 3. The Morgan fingerprint density at radius 1 is 1.04 bits per heavy atom. The normalized spacial score (nSPS) is 20.3. The predicted molar refractivity (Wildman–Crippen MR) is 109 cm³/mol. The van der Waals surface area contributed by atoms with Gasteiger partial charge in [0.25, 0.3) is 0 Å². The summed E-state index contributed by atoms with van der Waals surface area (Å²) in [5.41, 5.74) is 16.2. The SMILES string of the molecule is C[C@H](c1cc2c(cc1N)CCC(O)C2)n1cnc2cc3c(cc21)CCCC3. The molecule has 1 aromatic heterocycles. The lowest BCUT2D eigenvalue weighted by Crippen LogP contribution is -2.20. The van der Waals surface area contributed by atoms with E-state index in [4.69, 9.17) is 5.73 Å². The number of aromatic nitrogens is 2. The highest BCUT2D eigenvalue weighted by molar-refractivity contribution is 5.78. The van der Waals surface area contributed by atoms with E-state index in [1.807, 2.05) is 6.33 Å². The van der Waals surface area contributed by atoms with E-state index in [2.05, 4.69) is 40.7 Å². The van der Waals surface area contributed by atoms with Crippen molar-refractivity contribution in [1.82, 2.24) is 9.55 Å². The molecule has 27 heavy (non-hydrogen) atoms. The van der Waals surface area contributed by atoms with Crippen molar-refractivity contribution < 1.29 is 5.11 Å². The second kappa shape index (κ2) is 6.38. The number of aliphatic hydroxyl groups excluding tert-OH is 1. The van der Waals surface area contributed by atoms with E-state index >= 15 is 0 Å². The van der Waals surface area contributed by atoms with E-state index < -0.39 is 0 Å². The minimum atomic E-state index is -0.232. The molecule has 0 saturated heterocycles. The molecule has 0 fully saturated rings. The molecule has 0 bridgehead atoms. The topological polar surface area (TPSA) is 64.1 Å². The lowest BCUT2D eigenvalue weighted by atomic mass is 9.87. The summed E-state index contributed by atoms with van der Waals surface area (Å²) in [5, 5.41) is 10.0. The van der Waals surface area contributed by atoms with Crippen LogP contribution in [0.15, 0.2) is 30.6 Å². The van der Waals surface area contributed by atoms with Gasteiger partial charge >= 0.3 is 0 Å². The lowest BCUT2D eigenvalue weighted by molar-refractivity contribution is 0.158. The minimum absolute atomic E-state index is 0.112. The van der Waals surface area contributed by atoms with Crippen molar-refractivity contribution >= 4 is 16.7 Å². The summed E-state index contributed by atoms with van der Waals surface area (Å²) in [6.45, 7) is 2.19. The summed E-state index contributed by atoms with van der Waals surface area (Å²) in [5.74, 6) is 0. The monoisotopic (exact) mass is 361 g/mol. The molecular weight excluding hydrogens is 334 g/mol. The van der Waals surface area contributed by atoms with E-state index in [0.29, 0.717) is 0 Å². The van der Waals surface area contributed by atoms with E-state index in [1.165, 1.54) is 53.5 Å². The zero-order valence-corrected chi connectivity index (χ0v) is 15.9. The van der Waals surface area contributed by atoms with Gasteiger partial charge in [0.2, 0.25) is 0 Å². The Morgan fingerprint density at radius 3 is 2.59 bits per heavy atom. The van der Waals surface area contributed by atoms with Crippen LogP contribution in [0.3, 0.4) is 0 Å². The van der Waals surface area contributed by atoms with Crippen molar-refractivity contribution in [2.45, 2.75) is 64.0 Å². The van der Waals surface area contributed by atoms with Crippen LogP contribution in [-0.4, -0.2) is 20.8 Å². The molecular formula is C23H27N3O. The number of rotatable bonds is 2. The van der Waals surface area contributed by atoms with Gasteiger partial charge in [-0.1, -0.05) is 6.07 Å². The van der Waals surface area contributed by atoms with Gasteiger partial charge in [-0.15, -0.1) is 0 Å². The molecule has 0 aliphatic heterocycles. The number of imidazole rings is 1. The molecule has 0 spiro atoms. The molecule has 4 nitrogen and oxygen atoms in total. The lowest BCUT2D eigenvalue weighted by Gasteiger charge is -2.25. The molecule has 0 amide bonds. The molecule has 5 rings (SSSR count). The highest BCUT2D eigenvalue weighted by Crippen LogP contribution is 2.34. The first-order chi connectivity index (χ1) is 13.1. The summed E-state index contributed by atoms with van der Waals surface area (Å²) in [6, 6.07) is 9.06. The molecule has 2 aliphatic rings. The minimum Gasteiger partial charge on any atom is -0.398 e. The smallest absolute Gasteiger partial charge is 0.0964 e. The number of hydrogen-bond acceptors (Lipinski definition) is 3. The van der Waals surface area contributed by atoms with Gasteiger partial charge in [0, 0.05) is 5.69 Å². The van der Waals surface area contributed by atoms with Crippen LogP contribution in [-0.2, 0) is 25.7 Å². The van der Waals surface area contributed by atoms with Gasteiger partial charge in [-0.2, -0.15) is 0 Å². The van der Waals surface area contributed by atoms with Gasteiger partial charge in [-0.05, 0) is 97.9 Å². The number of hydrogen-bond donors (Lipinski definition) is 2. The standard InChI is InChI=1S/C23H27N3O/c1-14(20-9-18-8-19(27)7-6-17(18)10-21(20)24)26-13-25-22-11-15-4-2-3-5-16(15)12-23(22)26/h9-14,19,27H,2-8,24H2,1H3/t14-,19?/m1/s1. The fraction of sp³-hybridized carbons (Fsp3) is 0.435. The van der Waals surface area contributed by atoms with Crippen LogP contribution in [0.25, 0.3) is 11.0 Å². The van der Waals surface area contributed by atoms with Gasteiger partial charge in [-0.25, -0.2) is 4.98 Å². The van der Waals surface area contributed by atoms with Crippen LogP contribution in [0.4, 0.5) is 5.69 Å². The van der Waals surface area contributed by atoms with Crippen LogP contribution < -0.4 is 5.73 Å². The summed E-state index contributed by atoms with van der Waals surface area (Å²) in [7, 11) is 0. The Kier molecular flexibility index (Phi) is 3.97. The number of nitrogens with two attached hydrogens (primary N) is 1. The van der Waals surface area contributed by atoms with Gasteiger partial charge in [0.05, 0.1) is 29.5 Å². The van der Waals surface area contributed by atoms with Crippen LogP contribution in [0.5, 0.6) is 0 Å². The van der Waals surface area contributed by atoms with Gasteiger partial charge in [-0.3, -0.25) is 0 Å². The van der Waals surface area contributed by atoms with Crippen molar-refractivity contribution in [2.24, 2.45) is 0 Å². The van der Waals surface area contributed by atoms with Crippen molar-refractivity contribution in [3.8, 4) is 0 Å². The maximum Gasteiger partial charge on any atom is 0.0964 e. The first-order valence-electron chi connectivity index (χ1n) is 10.2. The Labute approximate surface area is 160 Å². The van der Waals surface area contributed by atoms with Gasteiger partial charge < -0.3 is 15.4 Å². The summed E-state index contributed by atoms with van der Waals surface area (Å²) in [6.07, 6.45) is 9.10. The predicted octanol–water partition coefficient (Wildman–Crippen LogP) is 3.96. The highest BCUT2D eigenvalue weighted by Gasteiger charge is 2.22. The molecule has 2 atom stereocenters. The van der Waals surface area contributed by atoms with Crippen LogP contribution in [0.1, 0.15) is 60.0 Å². The molecule has 1 unspecified atom stereocenters. The molecule has 4 heteroatoms. The summed E-state index contributed by atoms with van der Waals surface area (Å²) >= 11 is 0. The zero-order valence-electron chi connectivity index (χ0n) is 15.9. The van der Waals surface area contributed by atoms with Crippen molar-refractivity contribution in [1.29, 1.82) is 0 Å². The van der Waals surface area contributed by atoms with Crippen LogP contribution in [0, 0.1) is 0 Å². The molecule has 2 aliphatic carbocycles. The Morgan fingerprint density at radius 2 is 1.78 bits per heavy atom. The van der Waals surface area contributed by atoms with Crippen molar-refractivity contribution in [3.63, 3.8) is 0 Å². The summed E-state index contributed by atoms with van der Waals surface area (Å²) in [4.78, 5) is 4.68. The quantitative estimate of drug-likeness (QED) is 0.679. The first-order valence-corrected chi connectivity index (χ1v) is 10.2. The zero-order chi connectivity index (χ0) is 18.5. The molecule has 0 radical (unpaired) electrons. The number of anilines is 1. The second-order valence-corrected chi connectivity index (χ2v) is 8.29. The maximum absolute atomic E-state index is 10.0. The summed E-state index contributed by atoms with van der Waals surface area (Å²) < 4.78 is 2.25. The molecule has 3 N–H and O–H groups in total. The van der Waals surface area contributed by atoms with Crippen LogP contribution >= 0.6 is 0 Å². The molecule has 140 valence electrons. The molecule has 1 heterocycles. The van der Waals surface area contributed by atoms with Gasteiger partial charge in [0.1, 0.15) is 0 Å². The van der Waals surface area contributed by atoms with Crippen LogP contribution in [0.2, 0.25) is 0 Å². The Hall–Kier alpha value is -2.33. The Balaban J connectivity index is 1.58. The van der Waals surface area contributed by atoms with E-state index in [0.717, 1.165) is 36.0 Å². The van der Waals surface area contributed by atoms with E-state index in [-0.39, 0.29) is 12.1 Å². The third kappa shape index (κ3) is 2.83. The number of benzene rings is 2. The van der Waals surface area contributed by atoms with Crippen molar-refractivity contribution in [3.05, 3.63) is 58.4 Å². The van der Waals surface area contributed by atoms with E-state index in [1.54, 1.807) is 0 Å². The first kappa shape index (κ1) is 16.8. The number of nitrogen functional groups attached to an aromatic ring is 1. The average Bonchev–Trinajstić information content (AvgIpc) is 3.08. The van der Waals surface area contributed by atoms with Gasteiger partial charge in [0.15, 0.2) is 0 Å². The maximum atomic E-state index is 10.0. The fourth-order valence-corrected chi connectivity index (χ4v) is 4.91.